The van der Waals surface area contributed by atoms with Crippen molar-refractivity contribution in [1.82, 2.24) is 4.98 Å². The predicted octanol–water partition coefficient (Wildman–Crippen LogP) is 3.71. The molecule has 0 unspecified atom stereocenters. The van der Waals surface area contributed by atoms with Crippen molar-refractivity contribution in [3.63, 3.8) is 0 Å². The molecule has 0 atom stereocenters. The Bertz CT molecular complexity index is 468. The monoisotopic (exact) mass is 268 g/mol. The third-order valence-electron chi connectivity index (χ3n) is 1.86. The van der Waals surface area contributed by atoms with Crippen LogP contribution in [0.4, 0.5) is 5.13 Å². The lowest BCUT2D eigenvalue weighted by molar-refractivity contribution is -0.106. The summed E-state index contributed by atoms with van der Waals surface area (Å²) in [7, 11) is 1.87. The molecule has 2 rings (SSSR count). The summed E-state index contributed by atoms with van der Waals surface area (Å²) in [6.07, 6.45) is 0.750. The Morgan fingerprint density at radius 3 is 2.41 bits per heavy atom. The summed E-state index contributed by atoms with van der Waals surface area (Å²) in [5, 5.41) is 6.71. The van der Waals surface area contributed by atoms with E-state index in [1.54, 1.807) is 11.3 Å². The van der Waals surface area contributed by atoms with Gasteiger partial charge in [0.25, 0.3) is 0 Å². The fourth-order valence-electron chi connectivity index (χ4n) is 1.14. The molecule has 0 aliphatic rings. The van der Waals surface area contributed by atoms with E-state index in [1.807, 2.05) is 36.7 Å². The predicted molar refractivity (Wildman–Crippen MR) is 73.8 cm³/mol. The summed E-state index contributed by atoms with van der Waals surface area (Å²) in [4.78, 5) is 13.2. The summed E-state index contributed by atoms with van der Waals surface area (Å²) >= 11 is 7.39. The van der Waals surface area contributed by atoms with Gasteiger partial charge in [-0.3, -0.25) is 0 Å². The van der Waals surface area contributed by atoms with Crippen LogP contribution in [0.1, 0.15) is 6.92 Å². The molecule has 1 aromatic heterocycles. The number of halogens is 1. The Labute approximate surface area is 109 Å². The first kappa shape index (κ1) is 13.7. The van der Waals surface area contributed by atoms with Crippen LogP contribution in [-0.4, -0.2) is 18.3 Å². The fourth-order valence-corrected chi connectivity index (χ4v) is 1.95. The van der Waals surface area contributed by atoms with Gasteiger partial charge in [0.2, 0.25) is 0 Å². The number of aldehydes is 1. The van der Waals surface area contributed by atoms with Gasteiger partial charge in [0.1, 0.15) is 6.29 Å². The first-order chi connectivity index (χ1) is 8.21. The molecule has 2 aromatic rings. The van der Waals surface area contributed by atoms with Crippen molar-refractivity contribution in [2.24, 2.45) is 0 Å². The smallest absolute Gasteiger partial charge is 0.182 e. The Morgan fingerprint density at radius 2 is 1.94 bits per heavy atom. The van der Waals surface area contributed by atoms with E-state index in [4.69, 9.17) is 16.4 Å². The highest BCUT2D eigenvalue weighted by Crippen LogP contribution is 2.25. The molecule has 0 saturated heterocycles. The summed E-state index contributed by atoms with van der Waals surface area (Å²) in [5.41, 5.74) is 2.07. The van der Waals surface area contributed by atoms with E-state index in [-0.39, 0.29) is 0 Å². The Balaban J connectivity index is 0.000000437. The van der Waals surface area contributed by atoms with Crippen LogP contribution in [0.3, 0.4) is 0 Å². The quantitative estimate of drug-likeness (QED) is 0.845. The van der Waals surface area contributed by atoms with Gasteiger partial charge in [-0.1, -0.05) is 23.7 Å². The van der Waals surface area contributed by atoms with Gasteiger partial charge in [-0.05, 0) is 19.1 Å². The number of rotatable bonds is 2. The number of anilines is 1. The standard InChI is InChI=1S/C10H9ClN2S.C2H4O/c1-12-10-13-9(6-14-10)7-2-4-8(11)5-3-7;1-2-3/h2-6H,1H3,(H,12,13);2H,1H3. The summed E-state index contributed by atoms with van der Waals surface area (Å²) in [6.45, 7) is 1.44. The Hall–Kier alpha value is -1.39. The SMILES string of the molecule is CC=O.CNc1nc(-c2ccc(Cl)cc2)cs1. The normalized spacial score (nSPS) is 9.12. The summed E-state index contributed by atoms with van der Waals surface area (Å²) in [6, 6.07) is 7.68. The van der Waals surface area contributed by atoms with Crippen LogP contribution >= 0.6 is 22.9 Å². The highest BCUT2D eigenvalue weighted by molar-refractivity contribution is 7.14. The van der Waals surface area contributed by atoms with E-state index in [0.717, 1.165) is 27.7 Å². The molecule has 0 bridgehead atoms. The van der Waals surface area contributed by atoms with Crippen LogP contribution in [0.5, 0.6) is 0 Å². The number of thiazole rings is 1. The van der Waals surface area contributed by atoms with Gasteiger partial charge in [-0.15, -0.1) is 11.3 Å². The van der Waals surface area contributed by atoms with Gasteiger partial charge >= 0.3 is 0 Å². The van der Waals surface area contributed by atoms with Crippen LogP contribution in [0.15, 0.2) is 29.6 Å². The zero-order valence-electron chi connectivity index (χ0n) is 9.61. The molecule has 3 nitrogen and oxygen atoms in total. The molecule has 0 amide bonds. The maximum atomic E-state index is 8.81. The molecule has 0 fully saturated rings. The molecule has 0 spiro atoms. The summed E-state index contributed by atoms with van der Waals surface area (Å²) < 4.78 is 0. The minimum atomic E-state index is 0.748. The zero-order chi connectivity index (χ0) is 12.7. The van der Waals surface area contributed by atoms with Crippen molar-refractivity contribution in [2.45, 2.75) is 6.92 Å². The second kappa shape index (κ2) is 7.04. The molecule has 0 aliphatic heterocycles. The Morgan fingerprint density at radius 1 is 1.35 bits per heavy atom. The van der Waals surface area contributed by atoms with E-state index in [9.17, 15) is 0 Å². The number of carbonyl (C=O) groups is 1. The molecule has 1 heterocycles. The number of aromatic nitrogens is 1. The molecule has 1 N–H and O–H groups in total. The van der Waals surface area contributed by atoms with Gasteiger partial charge in [-0.25, -0.2) is 4.98 Å². The second-order valence-electron chi connectivity index (χ2n) is 3.03. The third-order valence-corrected chi connectivity index (χ3v) is 2.97. The molecular formula is C12H13ClN2OS. The van der Waals surface area contributed by atoms with Crippen molar-refractivity contribution >= 4 is 34.4 Å². The van der Waals surface area contributed by atoms with Crippen LogP contribution < -0.4 is 5.32 Å². The molecule has 90 valence electrons. The van der Waals surface area contributed by atoms with E-state index in [0.29, 0.717) is 0 Å². The van der Waals surface area contributed by atoms with Gasteiger partial charge < -0.3 is 10.1 Å². The highest BCUT2D eigenvalue weighted by atomic mass is 35.5. The third kappa shape index (κ3) is 4.17. The molecular weight excluding hydrogens is 256 g/mol. The lowest BCUT2D eigenvalue weighted by atomic mass is 10.2. The maximum Gasteiger partial charge on any atom is 0.182 e. The van der Waals surface area contributed by atoms with Gasteiger partial charge in [0.05, 0.1) is 5.69 Å². The molecule has 0 radical (unpaired) electrons. The molecule has 0 saturated carbocycles. The number of nitrogens with zero attached hydrogens (tertiary/aromatic N) is 1. The van der Waals surface area contributed by atoms with Gasteiger partial charge in [-0.2, -0.15) is 0 Å². The lowest BCUT2D eigenvalue weighted by Gasteiger charge is -1.95. The molecule has 1 aromatic carbocycles. The first-order valence-electron chi connectivity index (χ1n) is 5.00. The van der Waals surface area contributed by atoms with Crippen LogP contribution in [0.2, 0.25) is 5.02 Å². The van der Waals surface area contributed by atoms with Crippen molar-refractivity contribution in [3.05, 3.63) is 34.7 Å². The average Bonchev–Trinajstić information content (AvgIpc) is 2.80. The maximum absolute atomic E-state index is 8.81. The molecule has 5 heteroatoms. The van der Waals surface area contributed by atoms with Crippen molar-refractivity contribution in [2.75, 3.05) is 12.4 Å². The van der Waals surface area contributed by atoms with E-state index in [2.05, 4.69) is 10.3 Å². The van der Waals surface area contributed by atoms with Crippen LogP contribution in [0, 0.1) is 0 Å². The number of carbonyl (C=O) groups excluding carboxylic acids is 1. The minimum absolute atomic E-state index is 0.748. The number of benzene rings is 1. The number of hydrogen-bond acceptors (Lipinski definition) is 4. The fraction of sp³-hybridized carbons (Fsp3) is 0.167. The lowest BCUT2D eigenvalue weighted by Crippen LogP contribution is -1.85. The van der Waals surface area contributed by atoms with Crippen LogP contribution in [-0.2, 0) is 4.79 Å². The van der Waals surface area contributed by atoms with E-state index in [1.165, 1.54) is 6.92 Å². The zero-order valence-corrected chi connectivity index (χ0v) is 11.2. The Kier molecular flexibility index (Phi) is 5.66. The van der Waals surface area contributed by atoms with Gasteiger partial charge in [0, 0.05) is 23.0 Å². The highest BCUT2D eigenvalue weighted by Gasteiger charge is 2.02. The average molecular weight is 269 g/mol. The van der Waals surface area contributed by atoms with E-state index < -0.39 is 0 Å². The van der Waals surface area contributed by atoms with Gasteiger partial charge in [0.15, 0.2) is 5.13 Å². The van der Waals surface area contributed by atoms with Crippen molar-refractivity contribution < 1.29 is 4.79 Å². The van der Waals surface area contributed by atoms with E-state index >= 15 is 0 Å². The first-order valence-corrected chi connectivity index (χ1v) is 6.26. The molecule has 0 aliphatic carbocycles. The van der Waals surface area contributed by atoms with Crippen LogP contribution in [0.25, 0.3) is 11.3 Å². The number of nitrogens with one attached hydrogen (secondary N) is 1. The number of hydrogen-bond donors (Lipinski definition) is 1. The molecule has 17 heavy (non-hydrogen) atoms. The summed E-state index contributed by atoms with van der Waals surface area (Å²) in [5.74, 6) is 0. The van der Waals surface area contributed by atoms with Crippen molar-refractivity contribution in [3.8, 4) is 11.3 Å². The van der Waals surface area contributed by atoms with Crippen molar-refractivity contribution in [1.29, 1.82) is 0 Å². The minimum Gasteiger partial charge on any atom is -0.365 e. The second-order valence-corrected chi connectivity index (χ2v) is 4.33. The largest absolute Gasteiger partial charge is 0.365 e. The topological polar surface area (TPSA) is 42.0 Å².